The second-order valence-electron chi connectivity index (χ2n) is 4.95. The van der Waals surface area contributed by atoms with Crippen LogP contribution in [0.25, 0.3) is 0 Å². The summed E-state index contributed by atoms with van der Waals surface area (Å²) < 4.78 is 25.8. The maximum Gasteiger partial charge on any atom is 0.159 e. The molecule has 0 bridgehead atoms. The fourth-order valence-corrected chi connectivity index (χ4v) is 2.24. The monoisotopic (exact) mass is 241 g/mol. The number of piperidine rings is 1. The summed E-state index contributed by atoms with van der Waals surface area (Å²) in [6, 6.07) is 3.82. The van der Waals surface area contributed by atoms with E-state index in [1.165, 1.54) is 12.1 Å². The number of hydrogen-bond donors (Lipinski definition) is 1. The summed E-state index contributed by atoms with van der Waals surface area (Å²) in [5, 5.41) is 10.4. The second-order valence-corrected chi connectivity index (χ2v) is 4.95. The Balaban J connectivity index is 2.07. The van der Waals surface area contributed by atoms with Gasteiger partial charge in [-0.05, 0) is 37.6 Å². The van der Waals surface area contributed by atoms with Crippen molar-refractivity contribution in [3.8, 4) is 0 Å². The van der Waals surface area contributed by atoms with Crippen LogP contribution in [0.5, 0.6) is 0 Å². The molecule has 1 heterocycles. The summed E-state index contributed by atoms with van der Waals surface area (Å²) >= 11 is 0. The summed E-state index contributed by atoms with van der Waals surface area (Å²) in [5.74, 6) is -1.69. The molecule has 0 spiro atoms. The average molecular weight is 241 g/mol. The Bertz CT molecular complexity index is 400. The maximum atomic E-state index is 13.1. The molecule has 1 aromatic rings. The third kappa shape index (κ3) is 3.01. The molecule has 0 aromatic heterocycles. The van der Waals surface area contributed by atoms with Crippen LogP contribution in [0, 0.1) is 11.6 Å². The van der Waals surface area contributed by atoms with Gasteiger partial charge in [0, 0.05) is 19.5 Å². The smallest absolute Gasteiger partial charge is 0.159 e. The molecule has 1 aromatic carbocycles. The van der Waals surface area contributed by atoms with E-state index in [4.69, 9.17) is 0 Å². The number of rotatable bonds is 2. The number of nitrogens with zero attached hydrogens (tertiary/aromatic N) is 1. The SMILES string of the molecule is CN1CCC(O)(Cc2ccc(F)c(F)c2)CC1. The minimum atomic E-state index is -0.848. The van der Waals surface area contributed by atoms with E-state index in [-0.39, 0.29) is 0 Å². The molecular weight excluding hydrogens is 224 g/mol. The lowest BCUT2D eigenvalue weighted by Crippen LogP contribution is -2.44. The summed E-state index contributed by atoms with van der Waals surface area (Å²) in [7, 11) is 2.01. The van der Waals surface area contributed by atoms with Gasteiger partial charge in [0.15, 0.2) is 11.6 Å². The van der Waals surface area contributed by atoms with Crippen molar-refractivity contribution in [2.75, 3.05) is 20.1 Å². The van der Waals surface area contributed by atoms with Crippen molar-refractivity contribution in [1.29, 1.82) is 0 Å². The van der Waals surface area contributed by atoms with Crippen LogP contribution in [0.1, 0.15) is 18.4 Å². The van der Waals surface area contributed by atoms with E-state index in [1.807, 2.05) is 7.05 Å². The Morgan fingerprint density at radius 1 is 1.24 bits per heavy atom. The number of halogens is 2. The molecule has 1 N–H and O–H groups in total. The van der Waals surface area contributed by atoms with E-state index in [9.17, 15) is 13.9 Å². The van der Waals surface area contributed by atoms with Crippen molar-refractivity contribution < 1.29 is 13.9 Å². The van der Waals surface area contributed by atoms with Gasteiger partial charge in [0.25, 0.3) is 0 Å². The standard InChI is InChI=1S/C13H17F2NO/c1-16-6-4-13(17,5-7-16)9-10-2-3-11(14)12(15)8-10/h2-3,8,17H,4-7,9H2,1H3. The van der Waals surface area contributed by atoms with E-state index < -0.39 is 17.2 Å². The minimum Gasteiger partial charge on any atom is -0.389 e. The zero-order chi connectivity index (χ0) is 12.5. The molecule has 0 aliphatic carbocycles. The third-order valence-electron chi connectivity index (χ3n) is 3.43. The van der Waals surface area contributed by atoms with E-state index in [0.29, 0.717) is 24.8 Å². The lowest BCUT2D eigenvalue weighted by atomic mass is 9.85. The summed E-state index contributed by atoms with van der Waals surface area (Å²) in [5.41, 5.74) is -0.132. The van der Waals surface area contributed by atoms with Crippen LogP contribution in [0.2, 0.25) is 0 Å². The zero-order valence-electron chi connectivity index (χ0n) is 9.92. The van der Waals surface area contributed by atoms with Gasteiger partial charge in [-0.1, -0.05) is 6.07 Å². The summed E-state index contributed by atoms with van der Waals surface area (Å²) in [6.07, 6.45) is 1.73. The largest absolute Gasteiger partial charge is 0.389 e. The first kappa shape index (κ1) is 12.5. The molecule has 1 saturated heterocycles. The molecule has 0 unspecified atom stereocenters. The molecule has 1 fully saturated rings. The summed E-state index contributed by atoms with van der Waals surface area (Å²) in [6.45, 7) is 1.67. The van der Waals surface area contributed by atoms with E-state index in [2.05, 4.69) is 4.90 Å². The predicted octanol–water partition coefficient (Wildman–Crippen LogP) is 1.96. The van der Waals surface area contributed by atoms with E-state index in [1.54, 1.807) is 0 Å². The Kier molecular flexibility index (Phi) is 3.45. The fourth-order valence-electron chi connectivity index (χ4n) is 2.24. The van der Waals surface area contributed by atoms with Gasteiger partial charge in [-0.25, -0.2) is 8.78 Å². The van der Waals surface area contributed by atoms with Gasteiger partial charge in [0.05, 0.1) is 5.60 Å². The van der Waals surface area contributed by atoms with Gasteiger partial charge in [0.1, 0.15) is 0 Å². The van der Waals surface area contributed by atoms with Crippen LogP contribution in [-0.4, -0.2) is 35.7 Å². The highest BCUT2D eigenvalue weighted by Crippen LogP contribution is 2.26. The molecule has 0 radical (unpaired) electrons. The molecule has 1 aliphatic rings. The first-order valence-corrected chi connectivity index (χ1v) is 5.83. The van der Waals surface area contributed by atoms with E-state index in [0.717, 1.165) is 19.2 Å². The molecule has 94 valence electrons. The highest BCUT2D eigenvalue weighted by Gasteiger charge is 2.31. The molecule has 0 amide bonds. The van der Waals surface area contributed by atoms with E-state index >= 15 is 0 Å². The molecule has 4 heteroatoms. The van der Waals surface area contributed by atoms with Crippen molar-refractivity contribution in [3.05, 3.63) is 35.4 Å². The van der Waals surface area contributed by atoms with Gasteiger partial charge in [-0.15, -0.1) is 0 Å². The van der Waals surface area contributed by atoms with Crippen molar-refractivity contribution >= 4 is 0 Å². The van der Waals surface area contributed by atoms with Gasteiger partial charge < -0.3 is 10.0 Å². The lowest BCUT2D eigenvalue weighted by molar-refractivity contribution is -0.0150. The van der Waals surface area contributed by atoms with Crippen molar-refractivity contribution in [1.82, 2.24) is 4.90 Å². The Labute approximate surface area is 99.9 Å². The number of benzene rings is 1. The Morgan fingerprint density at radius 3 is 2.47 bits per heavy atom. The summed E-state index contributed by atoms with van der Waals surface area (Å²) in [4.78, 5) is 2.15. The van der Waals surface area contributed by atoms with Gasteiger partial charge in [-0.3, -0.25) is 0 Å². The number of aliphatic hydroxyl groups is 1. The molecule has 0 saturated carbocycles. The van der Waals surface area contributed by atoms with Gasteiger partial charge in [0.2, 0.25) is 0 Å². The molecular formula is C13H17F2NO. The lowest BCUT2D eigenvalue weighted by Gasteiger charge is -2.36. The molecule has 2 rings (SSSR count). The average Bonchev–Trinajstić information content (AvgIpc) is 2.28. The Morgan fingerprint density at radius 2 is 1.88 bits per heavy atom. The quantitative estimate of drug-likeness (QED) is 0.855. The van der Waals surface area contributed by atoms with Crippen LogP contribution >= 0.6 is 0 Å². The Hall–Kier alpha value is -1.00. The topological polar surface area (TPSA) is 23.5 Å². The van der Waals surface area contributed by atoms with Crippen molar-refractivity contribution in [3.63, 3.8) is 0 Å². The van der Waals surface area contributed by atoms with Crippen molar-refractivity contribution in [2.45, 2.75) is 24.9 Å². The number of hydrogen-bond acceptors (Lipinski definition) is 2. The molecule has 2 nitrogen and oxygen atoms in total. The van der Waals surface area contributed by atoms with Gasteiger partial charge in [-0.2, -0.15) is 0 Å². The van der Waals surface area contributed by atoms with Crippen molar-refractivity contribution in [2.24, 2.45) is 0 Å². The zero-order valence-corrected chi connectivity index (χ0v) is 9.92. The third-order valence-corrected chi connectivity index (χ3v) is 3.43. The van der Waals surface area contributed by atoms with Crippen LogP contribution in [0.15, 0.2) is 18.2 Å². The minimum absolute atomic E-state index is 0.387. The van der Waals surface area contributed by atoms with Crippen LogP contribution < -0.4 is 0 Å². The fraction of sp³-hybridized carbons (Fsp3) is 0.538. The van der Waals surface area contributed by atoms with Gasteiger partial charge >= 0.3 is 0 Å². The molecule has 17 heavy (non-hydrogen) atoms. The normalized spacial score (nSPS) is 20.5. The van der Waals surface area contributed by atoms with Crippen LogP contribution in [-0.2, 0) is 6.42 Å². The molecule has 0 atom stereocenters. The predicted molar refractivity (Wildman–Crippen MR) is 61.7 cm³/mol. The highest BCUT2D eigenvalue weighted by molar-refractivity contribution is 5.20. The number of likely N-dealkylation sites (tertiary alicyclic amines) is 1. The first-order valence-electron chi connectivity index (χ1n) is 5.83. The highest BCUT2D eigenvalue weighted by atomic mass is 19.2. The van der Waals surface area contributed by atoms with Crippen LogP contribution in [0.4, 0.5) is 8.78 Å². The first-order chi connectivity index (χ1) is 7.98. The molecule has 1 aliphatic heterocycles. The van der Waals surface area contributed by atoms with Crippen LogP contribution in [0.3, 0.4) is 0 Å². The second kappa shape index (κ2) is 4.70. The maximum absolute atomic E-state index is 13.1.